The third kappa shape index (κ3) is 4.17. The molecule has 1 amide bonds. The summed E-state index contributed by atoms with van der Waals surface area (Å²) < 4.78 is 18.4. The SMILES string of the molecule is CC(=O)O[C@@H]1[C@@H](OC(C)=O)[C@@](Br)(C(N)=O)OC[C@H]1OC(C)=O. The Kier molecular flexibility index (Phi) is 5.89. The summed E-state index contributed by atoms with van der Waals surface area (Å²) in [6, 6.07) is 0. The highest BCUT2D eigenvalue weighted by molar-refractivity contribution is 9.10. The van der Waals surface area contributed by atoms with Crippen molar-refractivity contribution in [2.45, 2.75) is 43.6 Å². The highest BCUT2D eigenvalue weighted by Gasteiger charge is 2.58. The van der Waals surface area contributed by atoms with Crippen LogP contribution in [0.1, 0.15) is 20.8 Å². The quantitative estimate of drug-likeness (QED) is 0.387. The molecule has 1 aliphatic heterocycles. The molecule has 10 heteroatoms. The Hall–Kier alpha value is -1.68. The summed E-state index contributed by atoms with van der Waals surface area (Å²) in [5.74, 6) is -3.13. The Balaban J connectivity index is 3.21. The van der Waals surface area contributed by atoms with Crippen LogP contribution in [0.5, 0.6) is 0 Å². The molecule has 2 N–H and O–H groups in total. The van der Waals surface area contributed by atoms with E-state index < -0.39 is 46.6 Å². The van der Waals surface area contributed by atoms with Gasteiger partial charge in [-0.05, 0) is 15.9 Å². The predicted octanol–water partition coefficient (Wildman–Crippen LogP) is -0.612. The smallest absolute Gasteiger partial charge is 0.303 e. The van der Waals surface area contributed by atoms with Crippen LogP contribution in [0.2, 0.25) is 0 Å². The summed E-state index contributed by atoms with van der Waals surface area (Å²) >= 11 is 2.97. The molecule has 0 spiro atoms. The van der Waals surface area contributed by atoms with Crippen LogP contribution in [0.3, 0.4) is 0 Å². The number of halogens is 1. The molecule has 1 aliphatic rings. The van der Waals surface area contributed by atoms with Gasteiger partial charge in [0.05, 0.1) is 6.61 Å². The number of carbonyl (C=O) groups is 4. The second-order valence-electron chi connectivity index (χ2n) is 4.57. The second kappa shape index (κ2) is 7.05. The molecule has 1 rings (SSSR count). The van der Waals surface area contributed by atoms with Gasteiger partial charge in [-0.15, -0.1) is 0 Å². The Bertz CT molecular complexity index is 496. The van der Waals surface area contributed by atoms with Crippen LogP contribution in [0.25, 0.3) is 0 Å². The number of nitrogens with two attached hydrogens (primary N) is 1. The maximum absolute atomic E-state index is 11.6. The molecule has 0 unspecified atom stereocenters. The van der Waals surface area contributed by atoms with E-state index in [-0.39, 0.29) is 6.61 Å². The summed E-state index contributed by atoms with van der Waals surface area (Å²) in [4.78, 5) is 45.3. The molecule has 4 atom stereocenters. The normalized spacial score (nSPS) is 31.0. The third-order valence-corrected chi connectivity index (χ3v) is 3.81. The Morgan fingerprint density at radius 1 is 1.05 bits per heavy atom. The maximum atomic E-state index is 11.6. The van der Waals surface area contributed by atoms with Crippen LogP contribution in [0.4, 0.5) is 0 Å². The molecule has 0 radical (unpaired) electrons. The lowest BCUT2D eigenvalue weighted by Gasteiger charge is -2.43. The fourth-order valence-electron chi connectivity index (χ4n) is 1.96. The standard InChI is InChI=1S/C12H16BrNO8/c1-5(15)20-8-4-19-12(13,11(14)18)10(22-7(3)17)9(8)21-6(2)16/h8-10H,4H2,1-3H3,(H2,14,18)/t8-,9+,10-,12+/m1/s1. The van der Waals surface area contributed by atoms with Crippen molar-refractivity contribution in [1.82, 2.24) is 0 Å². The van der Waals surface area contributed by atoms with Gasteiger partial charge in [0, 0.05) is 20.8 Å². The molecule has 0 bridgehead atoms. The number of alkyl halides is 1. The monoisotopic (exact) mass is 381 g/mol. The van der Waals surface area contributed by atoms with Crippen molar-refractivity contribution in [1.29, 1.82) is 0 Å². The van der Waals surface area contributed by atoms with Gasteiger partial charge in [-0.25, -0.2) is 0 Å². The number of ether oxygens (including phenoxy) is 4. The van der Waals surface area contributed by atoms with E-state index in [2.05, 4.69) is 15.9 Å². The van der Waals surface area contributed by atoms with Crippen molar-refractivity contribution in [3.63, 3.8) is 0 Å². The minimum Gasteiger partial charge on any atom is -0.456 e. The summed E-state index contributed by atoms with van der Waals surface area (Å²) in [6.45, 7) is 3.07. The summed E-state index contributed by atoms with van der Waals surface area (Å²) in [5, 5.41) is 0. The van der Waals surface area contributed by atoms with Crippen LogP contribution < -0.4 is 5.73 Å². The van der Waals surface area contributed by atoms with Crippen molar-refractivity contribution >= 4 is 39.7 Å². The number of rotatable bonds is 4. The van der Waals surface area contributed by atoms with Crippen LogP contribution in [0.15, 0.2) is 0 Å². The molecule has 1 fully saturated rings. The molecule has 0 aromatic rings. The van der Waals surface area contributed by atoms with Gasteiger partial charge in [-0.1, -0.05) is 0 Å². The van der Waals surface area contributed by atoms with Crippen molar-refractivity contribution in [2.75, 3.05) is 6.61 Å². The van der Waals surface area contributed by atoms with Gasteiger partial charge in [-0.3, -0.25) is 19.2 Å². The molecule has 0 aromatic heterocycles. The van der Waals surface area contributed by atoms with Gasteiger partial charge in [-0.2, -0.15) is 0 Å². The first-order chi connectivity index (χ1) is 10.1. The van der Waals surface area contributed by atoms with E-state index >= 15 is 0 Å². The summed E-state index contributed by atoms with van der Waals surface area (Å²) in [5.41, 5.74) is 5.26. The van der Waals surface area contributed by atoms with E-state index in [4.69, 9.17) is 24.7 Å². The number of hydrogen-bond donors (Lipinski definition) is 1. The topological polar surface area (TPSA) is 131 Å². The molecule has 124 valence electrons. The highest BCUT2D eigenvalue weighted by Crippen LogP contribution is 2.36. The van der Waals surface area contributed by atoms with Gasteiger partial charge >= 0.3 is 17.9 Å². The average Bonchev–Trinajstić information content (AvgIpc) is 2.35. The zero-order valence-electron chi connectivity index (χ0n) is 12.2. The second-order valence-corrected chi connectivity index (χ2v) is 5.75. The van der Waals surface area contributed by atoms with Crippen molar-refractivity contribution in [3.05, 3.63) is 0 Å². The van der Waals surface area contributed by atoms with Crippen molar-refractivity contribution in [3.8, 4) is 0 Å². The zero-order chi connectivity index (χ0) is 17.1. The first-order valence-electron chi connectivity index (χ1n) is 6.22. The number of carbonyl (C=O) groups excluding carboxylic acids is 4. The molecular weight excluding hydrogens is 366 g/mol. The van der Waals surface area contributed by atoms with Gasteiger partial charge < -0.3 is 24.7 Å². The fourth-order valence-corrected chi connectivity index (χ4v) is 2.45. The van der Waals surface area contributed by atoms with Crippen molar-refractivity contribution in [2.24, 2.45) is 5.73 Å². The minimum absolute atomic E-state index is 0.288. The third-order valence-electron chi connectivity index (χ3n) is 2.74. The number of hydrogen-bond acceptors (Lipinski definition) is 8. The largest absolute Gasteiger partial charge is 0.456 e. The fraction of sp³-hybridized carbons (Fsp3) is 0.667. The molecule has 0 aliphatic carbocycles. The van der Waals surface area contributed by atoms with E-state index in [1.165, 1.54) is 0 Å². The molecule has 1 saturated heterocycles. The van der Waals surface area contributed by atoms with E-state index in [0.29, 0.717) is 0 Å². The molecule has 1 heterocycles. The summed E-state index contributed by atoms with van der Waals surface area (Å²) in [7, 11) is 0. The van der Waals surface area contributed by atoms with Crippen LogP contribution >= 0.6 is 15.9 Å². The highest BCUT2D eigenvalue weighted by atomic mass is 79.9. The molecule has 22 heavy (non-hydrogen) atoms. The van der Waals surface area contributed by atoms with E-state index in [1.54, 1.807) is 0 Å². The first-order valence-corrected chi connectivity index (χ1v) is 7.01. The first kappa shape index (κ1) is 18.4. The van der Waals surface area contributed by atoms with Gasteiger partial charge in [0.2, 0.25) is 4.51 Å². The lowest BCUT2D eigenvalue weighted by molar-refractivity contribution is -0.229. The lowest BCUT2D eigenvalue weighted by atomic mass is 9.98. The van der Waals surface area contributed by atoms with Gasteiger partial charge in [0.15, 0.2) is 18.3 Å². The van der Waals surface area contributed by atoms with E-state index in [0.717, 1.165) is 20.8 Å². The Morgan fingerprint density at radius 3 is 1.95 bits per heavy atom. The van der Waals surface area contributed by atoms with Crippen LogP contribution in [0, 0.1) is 0 Å². The predicted molar refractivity (Wildman–Crippen MR) is 73.5 cm³/mol. The average molecular weight is 382 g/mol. The molecule has 9 nitrogen and oxygen atoms in total. The van der Waals surface area contributed by atoms with Crippen LogP contribution in [-0.4, -0.2) is 53.2 Å². The number of amides is 1. The maximum Gasteiger partial charge on any atom is 0.303 e. The number of esters is 3. The lowest BCUT2D eigenvalue weighted by Crippen LogP contribution is -2.65. The van der Waals surface area contributed by atoms with E-state index in [1.807, 2.05) is 0 Å². The van der Waals surface area contributed by atoms with E-state index in [9.17, 15) is 19.2 Å². The minimum atomic E-state index is -1.91. The Labute approximate surface area is 134 Å². The van der Waals surface area contributed by atoms with Gasteiger partial charge in [0.1, 0.15) is 0 Å². The molecule has 0 saturated carbocycles. The molecule has 0 aromatic carbocycles. The van der Waals surface area contributed by atoms with Gasteiger partial charge in [0.25, 0.3) is 5.91 Å². The van der Waals surface area contributed by atoms with Crippen LogP contribution in [-0.2, 0) is 38.1 Å². The molecular formula is C12H16BrNO8. The summed E-state index contributed by atoms with van der Waals surface area (Å²) in [6.07, 6.45) is -3.74. The van der Waals surface area contributed by atoms with Crippen molar-refractivity contribution < 1.29 is 38.1 Å². The zero-order valence-corrected chi connectivity index (χ0v) is 13.7. The number of primary amides is 1. The Morgan fingerprint density at radius 2 is 1.55 bits per heavy atom.